The van der Waals surface area contributed by atoms with Crippen molar-refractivity contribution < 1.29 is 28.7 Å². The molecule has 2 rings (SSSR count). The molecular formula is C12H18N2O6. The molecule has 112 valence electrons. The maximum atomic E-state index is 12.3. The van der Waals surface area contributed by atoms with Crippen LogP contribution in [-0.4, -0.2) is 73.3 Å². The summed E-state index contributed by atoms with van der Waals surface area (Å²) in [6.07, 6.45) is 0.205. The second-order valence-corrected chi connectivity index (χ2v) is 5.01. The highest BCUT2D eigenvalue weighted by Gasteiger charge is 2.53. The second kappa shape index (κ2) is 5.37. The number of esters is 2. The Balaban J connectivity index is 2.08. The first-order chi connectivity index (χ1) is 9.41. The van der Waals surface area contributed by atoms with E-state index in [4.69, 9.17) is 9.57 Å². The standard InChI is InChI=1S/C12H18N2O6/c1-12(11(17)19-3)6-8-10(16)13(7-9(15)18-2)4-5-14(8)20-12/h8H,4-7H2,1-3H3/t8-,12+/m0/s1. The normalized spacial score (nSPS) is 30.1. The molecule has 2 saturated heterocycles. The molecular weight excluding hydrogens is 268 g/mol. The first-order valence-electron chi connectivity index (χ1n) is 6.31. The van der Waals surface area contributed by atoms with E-state index < -0.39 is 23.6 Å². The van der Waals surface area contributed by atoms with Gasteiger partial charge in [0, 0.05) is 19.5 Å². The van der Waals surface area contributed by atoms with Gasteiger partial charge in [0.2, 0.25) is 5.91 Å². The Hall–Kier alpha value is -1.67. The van der Waals surface area contributed by atoms with Gasteiger partial charge in [-0.2, -0.15) is 5.06 Å². The number of hydroxylamine groups is 2. The van der Waals surface area contributed by atoms with Gasteiger partial charge in [0.25, 0.3) is 0 Å². The fourth-order valence-electron chi connectivity index (χ4n) is 2.50. The molecule has 0 N–H and O–H groups in total. The van der Waals surface area contributed by atoms with Gasteiger partial charge in [-0.05, 0) is 6.92 Å². The van der Waals surface area contributed by atoms with Crippen LogP contribution >= 0.6 is 0 Å². The molecule has 2 fully saturated rings. The lowest BCUT2D eigenvalue weighted by Gasteiger charge is -2.34. The summed E-state index contributed by atoms with van der Waals surface area (Å²) < 4.78 is 9.26. The summed E-state index contributed by atoms with van der Waals surface area (Å²) in [4.78, 5) is 42.3. The van der Waals surface area contributed by atoms with Crippen LogP contribution in [0.1, 0.15) is 13.3 Å². The van der Waals surface area contributed by atoms with Crippen molar-refractivity contribution in [2.75, 3.05) is 33.9 Å². The third-order valence-electron chi connectivity index (χ3n) is 3.60. The Labute approximate surface area is 116 Å². The van der Waals surface area contributed by atoms with Gasteiger partial charge in [-0.25, -0.2) is 4.79 Å². The van der Waals surface area contributed by atoms with E-state index in [2.05, 4.69) is 4.74 Å². The SMILES string of the molecule is COC(=O)CN1CCN2O[C@@](C)(C(=O)OC)C[C@H]2C1=O. The molecule has 0 aromatic rings. The number of carbonyl (C=O) groups excluding carboxylic acids is 3. The van der Waals surface area contributed by atoms with Crippen LogP contribution in [0.4, 0.5) is 0 Å². The third kappa shape index (κ3) is 2.48. The van der Waals surface area contributed by atoms with Crippen molar-refractivity contribution >= 4 is 17.8 Å². The van der Waals surface area contributed by atoms with Gasteiger partial charge in [0.15, 0.2) is 5.60 Å². The van der Waals surface area contributed by atoms with Crippen LogP contribution in [0.2, 0.25) is 0 Å². The summed E-state index contributed by atoms with van der Waals surface area (Å²) in [7, 11) is 2.55. The van der Waals surface area contributed by atoms with E-state index in [1.165, 1.54) is 24.2 Å². The molecule has 8 heteroatoms. The van der Waals surface area contributed by atoms with Gasteiger partial charge in [0.1, 0.15) is 12.6 Å². The summed E-state index contributed by atoms with van der Waals surface area (Å²) in [5.74, 6) is -1.23. The van der Waals surface area contributed by atoms with Crippen molar-refractivity contribution in [2.45, 2.75) is 25.0 Å². The third-order valence-corrected chi connectivity index (χ3v) is 3.60. The molecule has 0 unspecified atom stereocenters. The van der Waals surface area contributed by atoms with Crippen molar-refractivity contribution in [1.29, 1.82) is 0 Å². The van der Waals surface area contributed by atoms with Gasteiger partial charge in [-0.1, -0.05) is 0 Å². The average Bonchev–Trinajstić information content (AvgIpc) is 2.79. The summed E-state index contributed by atoms with van der Waals surface area (Å²) in [6, 6.07) is -0.572. The van der Waals surface area contributed by atoms with Crippen LogP contribution in [0.5, 0.6) is 0 Å². The van der Waals surface area contributed by atoms with Crippen LogP contribution in [0, 0.1) is 0 Å². The number of hydrogen-bond donors (Lipinski definition) is 0. The number of fused-ring (bicyclic) bond motifs is 1. The molecule has 0 aliphatic carbocycles. The van der Waals surface area contributed by atoms with Crippen molar-refractivity contribution in [3.8, 4) is 0 Å². The van der Waals surface area contributed by atoms with E-state index in [9.17, 15) is 14.4 Å². The van der Waals surface area contributed by atoms with Gasteiger partial charge in [-0.3, -0.25) is 14.4 Å². The van der Waals surface area contributed by atoms with Crippen LogP contribution in [-0.2, 0) is 28.7 Å². The summed E-state index contributed by atoms with van der Waals surface area (Å²) in [6.45, 7) is 2.28. The maximum Gasteiger partial charge on any atom is 0.340 e. The van der Waals surface area contributed by atoms with E-state index in [0.29, 0.717) is 13.1 Å². The lowest BCUT2D eigenvalue weighted by atomic mass is 9.97. The average molecular weight is 286 g/mol. The van der Waals surface area contributed by atoms with E-state index in [0.717, 1.165) is 0 Å². The van der Waals surface area contributed by atoms with Gasteiger partial charge < -0.3 is 14.4 Å². The number of amides is 1. The summed E-state index contributed by atoms with van der Waals surface area (Å²) >= 11 is 0. The zero-order chi connectivity index (χ0) is 14.9. The Morgan fingerprint density at radius 3 is 2.65 bits per heavy atom. The summed E-state index contributed by atoms with van der Waals surface area (Å²) in [5.41, 5.74) is -1.16. The number of methoxy groups -OCH3 is 2. The topological polar surface area (TPSA) is 85.4 Å². The number of hydrogen-bond acceptors (Lipinski definition) is 7. The highest BCUT2D eigenvalue weighted by atomic mass is 16.7. The molecule has 0 saturated carbocycles. The van der Waals surface area contributed by atoms with E-state index >= 15 is 0 Å². The largest absolute Gasteiger partial charge is 0.468 e. The quantitative estimate of drug-likeness (QED) is 0.611. The van der Waals surface area contributed by atoms with Crippen molar-refractivity contribution in [3.63, 3.8) is 0 Å². The fourth-order valence-corrected chi connectivity index (χ4v) is 2.50. The molecule has 0 bridgehead atoms. The Kier molecular flexibility index (Phi) is 3.96. The van der Waals surface area contributed by atoms with Crippen molar-refractivity contribution in [1.82, 2.24) is 9.96 Å². The monoisotopic (exact) mass is 286 g/mol. The van der Waals surface area contributed by atoms with Crippen LogP contribution in [0.15, 0.2) is 0 Å². The molecule has 1 amide bonds. The molecule has 0 spiro atoms. The van der Waals surface area contributed by atoms with Crippen molar-refractivity contribution in [2.24, 2.45) is 0 Å². The minimum Gasteiger partial charge on any atom is -0.468 e. The van der Waals surface area contributed by atoms with Crippen molar-refractivity contribution in [3.05, 3.63) is 0 Å². The van der Waals surface area contributed by atoms with Crippen LogP contribution in [0.25, 0.3) is 0 Å². The van der Waals surface area contributed by atoms with Gasteiger partial charge in [0.05, 0.1) is 14.2 Å². The smallest absolute Gasteiger partial charge is 0.340 e. The van der Waals surface area contributed by atoms with E-state index in [-0.39, 0.29) is 18.9 Å². The Morgan fingerprint density at radius 2 is 2.05 bits per heavy atom. The first kappa shape index (κ1) is 14.7. The Morgan fingerprint density at radius 1 is 1.35 bits per heavy atom. The van der Waals surface area contributed by atoms with Gasteiger partial charge >= 0.3 is 11.9 Å². The maximum absolute atomic E-state index is 12.3. The van der Waals surface area contributed by atoms with Gasteiger partial charge in [-0.15, -0.1) is 0 Å². The molecule has 0 aromatic heterocycles. The minimum absolute atomic E-state index is 0.0887. The lowest BCUT2D eigenvalue weighted by molar-refractivity contribution is -0.222. The molecule has 2 atom stereocenters. The Bertz CT molecular complexity index is 440. The fraction of sp³-hybridized carbons (Fsp3) is 0.750. The number of rotatable bonds is 3. The lowest BCUT2D eigenvalue weighted by Crippen LogP contribution is -2.55. The molecule has 8 nitrogen and oxygen atoms in total. The van der Waals surface area contributed by atoms with E-state index in [1.54, 1.807) is 6.92 Å². The highest BCUT2D eigenvalue weighted by Crippen LogP contribution is 2.34. The number of carbonyl (C=O) groups is 3. The molecule has 2 heterocycles. The molecule has 20 heavy (non-hydrogen) atoms. The molecule has 0 radical (unpaired) electrons. The number of nitrogens with zero attached hydrogens (tertiary/aromatic N) is 2. The molecule has 2 aliphatic rings. The second-order valence-electron chi connectivity index (χ2n) is 5.01. The minimum atomic E-state index is -1.16. The zero-order valence-electron chi connectivity index (χ0n) is 11.7. The molecule has 2 aliphatic heterocycles. The predicted octanol–water partition coefficient (Wildman–Crippen LogP) is -1.06. The van der Waals surface area contributed by atoms with Crippen LogP contribution in [0.3, 0.4) is 0 Å². The number of piperazine rings is 1. The first-order valence-corrected chi connectivity index (χ1v) is 6.31. The predicted molar refractivity (Wildman–Crippen MR) is 65.2 cm³/mol. The summed E-state index contributed by atoms with van der Waals surface area (Å²) in [5, 5.41) is 1.49. The zero-order valence-corrected chi connectivity index (χ0v) is 11.7. The highest BCUT2D eigenvalue weighted by molar-refractivity contribution is 5.88. The molecule has 0 aromatic carbocycles. The van der Waals surface area contributed by atoms with E-state index in [1.807, 2.05) is 0 Å². The van der Waals surface area contributed by atoms with Crippen LogP contribution < -0.4 is 0 Å². The number of ether oxygens (including phenoxy) is 2.